The fourth-order valence-corrected chi connectivity index (χ4v) is 1.52. The van der Waals surface area contributed by atoms with Crippen molar-refractivity contribution in [3.8, 4) is 0 Å². The van der Waals surface area contributed by atoms with Crippen molar-refractivity contribution in [3.05, 3.63) is 18.0 Å². The number of hydrogen-bond acceptors (Lipinski definition) is 3. The fourth-order valence-electron chi connectivity index (χ4n) is 1.52. The second-order valence-corrected chi connectivity index (χ2v) is 3.43. The first-order valence-corrected chi connectivity index (χ1v) is 6.10. The number of likely N-dealkylation sites (N-methyl/N-ethyl adjacent to an activating group) is 2. The van der Waals surface area contributed by atoms with E-state index in [4.69, 9.17) is 0 Å². The fraction of sp³-hybridized carbons (Fsp3) is 0.667. The Kier molecular flexibility index (Phi) is 8.05. The molecule has 0 saturated heterocycles. The molecule has 1 amide bonds. The van der Waals surface area contributed by atoms with Crippen molar-refractivity contribution < 1.29 is 4.79 Å². The highest BCUT2D eigenvalue weighted by atomic mass is 16.2. The number of amides is 1. The van der Waals surface area contributed by atoms with E-state index in [2.05, 4.69) is 15.5 Å². The summed E-state index contributed by atoms with van der Waals surface area (Å²) >= 11 is 0. The van der Waals surface area contributed by atoms with Gasteiger partial charge in [0, 0.05) is 31.8 Å². The van der Waals surface area contributed by atoms with Crippen LogP contribution in [-0.4, -0.2) is 41.1 Å². The molecular weight excluding hydrogens is 216 g/mol. The summed E-state index contributed by atoms with van der Waals surface area (Å²) in [6, 6.07) is 0.132. The zero-order valence-electron chi connectivity index (χ0n) is 11.4. The highest BCUT2D eigenvalue weighted by molar-refractivity contribution is 5.73. The summed E-state index contributed by atoms with van der Waals surface area (Å²) in [4.78, 5) is 13.1. The van der Waals surface area contributed by atoms with Gasteiger partial charge < -0.3 is 10.2 Å². The first-order valence-electron chi connectivity index (χ1n) is 6.10. The second kappa shape index (κ2) is 8.75. The van der Waals surface area contributed by atoms with E-state index >= 15 is 0 Å². The second-order valence-electron chi connectivity index (χ2n) is 3.43. The predicted molar refractivity (Wildman–Crippen MR) is 69.7 cm³/mol. The van der Waals surface area contributed by atoms with Crippen LogP contribution in [0.2, 0.25) is 0 Å². The zero-order valence-corrected chi connectivity index (χ0v) is 11.4. The lowest BCUT2D eigenvalue weighted by Crippen LogP contribution is -2.36. The molecule has 98 valence electrons. The standard InChI is InChI=1S/C10H18N4O.C2H6/c1-4-14(8(2)15)7-10(11-3)9-5-12-13-6-9;1-2/h5-6,10-11H,4,7H2,1-3H3,(H,12,13);1-2H3. The Labute approximate surface area is 104 Å². The Morgan fingerprint density at radius 3 is 2.59 bits per heavy atom. The van der Waals surface area contributed by atoms with Crippen molar-refractivity contribution in [2.24, 2.45) is 0 Å². The third kappa shape index (κ3) is 4.99. The van der Waals surface area contributed by atoms with Crippen molar-refractivity contribution in [1.82, 2.24) is 20.4 Å². The molecule has 0 fully saturated rings. The molecule has 0 saturated carbocycles. The van der Waals surface area contributed by atoms with E-state index in [9.17, 15) is 4.79 Å². The minimum atomic E-state index is 0.0984. The zero-order chi connectivity index (χ0) is 13.3. The van der Waals surface area contributed by atoms with Gasteiger partial charge in [0.15, 0.2) is 0 Å². The van der Waals surface area contributed by atoms with Gasteiger partial charge in [-0.1, -0.05) is 13.8 Å². The summed E-state index contributed by atoms with van der Waals surface area (Å²) in [5.74, 6) is 0.0984. The van der Waals surface area contributed by atoms with Gasteiger partial charge in [-0.2, -0.15) is 5.10 Å². The number of hydrogen-bond donors (Lipinski definition) is 2. The summed E-state index contributed by atoms with van der Waals surface area (Å²) in [7, 11) is 1.88. The monoisotopic (exact) mass is 240 g/mol. The first-order chi connectivity index (χ1) is 8.19. The molecule has 1 heterocycles. The van der Waals surface area contributed by atoms with Gasteiger partial charge >= 0.3 is 0 Å². The number of rotatable bonds is 5. The van der Waals surface area contributed by atoms with Gasteiger partial charge in [-0.15, -0.1) is 0 Å². The maximum absolute atomic E-state index is 11.3. The molecule has 0 aliphatic heterocycles. The van der Waals surface area contributed by atoms with Crippen LogP contribution in [0.25, 0.3) is 0 Å². The highest BCUT2D eigenvalue weighted by Crippen LogP contribution is 2.11. The van der Waals surface area contributed by atoms with Gasteiger partial charge in [-0.3, -0.25) is 9.89 Å². The number of carbonyl (C=O) groups is 1. The van der Waals surface area contributed by atoms with E-state index in [0.29, 0.717) is 6.54 Å². The van der Waals surface area contributed by atoms with Crippen molar-refractivity contribution in [2.75, 3.05) is 20.1 Å². The van der Waals surface area contributed by atoms with Crippen molar-refractivity contribution in [3.63, 3.8) is 0 Å². The number of H-pyrrole nitrogens is 1. The minimum Gasteiger partial charge on any atom is -0.341 e. The van der Waals surface area contributed by atoms with Crippen LogP contribution < -0.4 is 5.32 Å². The molecule has 5 nitrogen and oxygen atoms in total. The lowest BCUT2D eigenvalue weighted by molar-refractivity contribution is -0.129. The average molecular weight is 240 g/mol. The number of nitrogens with one attached hydrogen (secondary N) is 2. The molecule has 1 rings (SSSR count). The molecule has 1 atom stereocenters. The van der Waals surface area contributed by atoms with E-state index in [1.165, 1.54) is 0 Å². The number of nitrogens with zero attached hydrogens (tertiary/aromatic N) is 2. The Bertz CT molecular complexity index is 297. The van der Waals surface area contributed by atoms with E-state index in [1.54, 1.807) is 18.0 Å². The normalized spacial score (nSPS) is 11.4. The molecule has 17 heavy (non-hydrogen) atoms. The largest absolute Gasteiger partial charge is 0.341 e. The summed E-state index contributed by atoms with van der Waals surface area (Å²) < 4.78 is 0. The lowest BCUT2D eigenvalue weighted by atomic mass is 10.1. The van der Waals surface area contributed by atoms with Crippen molar-refractivity contribution in [2.45, 2.75) is 33.7 Å². The maximum atomic E-state index is 11.3. The summed E-state index contributed by atoms with van der Waals surface area (Å²) in [6.07, 6.45) is 3.62. The number of aromatic nitrogens is 2. The molecule has 5 heteroatoms. The smallest absolute Gasteiger partial charge is 0.219 e. The molecule has 0 aliphatic rings. The van der Waals surface area contributed by atoms with Crippen LogP contribution in [0.15, 0.2) is 12.4 Å². The Morgan fingerprint density at radius 2 is 2.24 bits per heavy atom. The minimum absolute atomic E-state index is 0.0984. The number of aromatic amines is 1. The summed E-state index contributed by atoms with van der Waals surface area (Å²) in [5.41, 5.74) is 1.07. The van der Waals surface area contributed by atoms with Crippen molar-refractivity contribution in [1.29, 1.82) is 0 Å². The molecule has 0 spiro atoms. The molecule has 0 bridgehead atoms. The Hall–Kier alpha value is -1.36. The van der Waals surface area contributed by atoms with E-state index in [1.807, 2.05) is 34.0 Å². The molecule has 0 radical (unpaired) electrons. The highest BCUT2D eigenvalue weighted by Gasteiger charge is 2.15. The van der Waals surface area contributed by atoms with Gasteiger partial charge in [-0.05, 0) is 14.0 Å². The third-order valence-corrected chi connectivity index (χ3v) is 2.50. The van der Waals surface area contributed by atoms with E-state index in [-0.39, 0.29) is 11.9 Å². The van der Waals surface area contributed by atoms with E-state index in [0.717, 1.165) is 12.1 Å². The molecule has 0 aromatic carbocycles. The van der Waals surface area contributed by atoms with Crippen LogP contribution >= 0.6 is 0 Å². The predicted octanol–water partition coefficient (Wildman–Crippen LogP) is 1.56. The SMILES string of the molecule is CC.CCN(CC(NC)c1cn[nH]c1)C(C)=O. The Balaban J connectivity index is 0.00000121. The Morgan fingerprint density at radius 1 is 1.59 bits per heavy atom. The molecule has 1 unspecified atom stereocenters. The van der Waals surface area contributed by atoms with Gasteiger partial charge in [0.05, 0.1) is 12.2 Å². The van der Waals surface area contributed by atoms with Crippen LogP contribution in [0.5, 0.6) is 0 Å². The molecule has 2 N–H and O–H groups in total. The molecule has 1 aromatic heterocycles. The topological polar surface area (TPSA) is 61.0 Å². The number of carbonyl (C=O) groups excluding carboxylic acids is 1. The van der Waals surface area contributed by atoms with Crippen LogP contribution in [0.1, 0.15) is 39.3 Å². The summed E-state index contributed by atoms with van der Waals surface area (Å²) in [5, 5.41) is 9.84. The van der Waals surface area contributed by atoms with Crippen LogP contribution in [0.3, 0.4) is 0 Å². The van der Waals surface area contributed by atoms with Crippen LogP contribution in [0, 0.1) is 0 Å². The average Bonchev–Trinajstić information content (AvgIpc) is 2.86. The molecule has 1 aromatic rings. The van der Waals surface area contributed by atoms with Gasteiger partial charge in [-0.25, -0.2) is 0 Å². The molecule has 0 aliphatic carbocycles. The quantitative estimate of drug-likeness (QED) is 0.821. The maximum Gasteiger partial charge on any atom is 0.219 e. The van der Waals surface area contributed by atoms with Crippen LogP contribution in [-0.2, 0) is 4.79 Å². The molecular formula is C12H24N4O. The van der Waals surface area contributed by atoms with Crippen LogP contribution in [0.4, 0.5) is 0 Å². The van der Waals surface area contributed by atoms with Crippen molar-refractivity contribution >= 4 is 5.91 Å². The van der Waals surface area contributed by atoms with E-state index < -0.39 is 0 Å². The first kappa shape index (κ1) is 15.6. The summed E-state index contributed by atoms with van der Waals surface area (Å²) in [6.45, 7) is 8.96. The third-order valence-electron chi connectivity index (χ3n) is 2.50. The van der Waals surface area contributed by atoms with Gasteiger partial charge in [0.1, 0.15) is 0 Å². The van der Waals surface area contributed by atoms with Gasteiger partial charge in [0.2, 0.25) is 5.91 Å². The lowest BCUT2D eigenvalue weighted by Gasteiger charge is -2.24. The van der Waals surface area contributed by atoms with Gasteiger partial charge in [0.25, 0.3) is 0 Å².